The second-order valence-corrected chi connectivity index (χ2v) is 6.65. The van der Waals surface area contributed by atoms with E-state index in [2.05, 4.69) is 10.3 Å². The molecule has 0 radical (unpaired) electrons. The topological polar surface area (TPSA) is 71.5 Å². The molecule has 0 saturated heterocycles. The Hall–Kier alpha value is -1.92. The first-order chi connectivity index (χ1) is 11.6. The van der Waals surface area contributed by atoms with Crippen LogP contribution in [-0.4, -0.2) is 35.8 Å². The van der Waals surface area contributed by atoms with Crippen molar-refractivity contribution in [1.29, 1.82) is 0 Å². The number of benzene rings is 1. The van der Waals surface area contributed by atoms with Crippen LogP contribution in [0.2, 0.25) is 0 Å². The van der Waals surface area contributed by atoms with Crippen LogP contribution in [0.15, 0.2) is 29.6 Å². The third kappa shape index (κ3) is 4.79. The van der Waals surface area contributed by atoms with Crippen molar-refractivity contribution in [3.05, 3.63) is 35.3 Å². The maximum Gasteiger partial charge on any atom is 0.226 e. The standard InChI is InChI=1S/C18H24N2O3S/c1-4-12(2)16(10-21)20-17(22)9-14-11-24-18(19-14)13-6-5-7-15(8-13)23-3/h5-8,11-12,16,21H,4,9-10H2,1-3H3,(H,20,22)/t12-,16+/m1/s1. The Morgan fingerprint density at radius 1 is 1.46 bits per heavy atom. The van der Waals surface area contributed by atoms with Crippen LogP contribution < -0.4 is 10.1 Å². The van der Waals surface area contributed by atoms with Crippen molar-refractivity contribution in [1.82, 2.24) is 10.3 Å². The summed E-state index contributed by atoms with van der Waals surface area (Å²) in [6.07, 6.45) is 1.12. The molecule has 1 aromatic carbocycles. The number of amides is 1. The number of aromatic nitrogens is 1. The van der Waals surface area contributed by atoms with E-state index in [0.717, 1.165) is 28.4 Å². The fourth-order valence-electron chi connectivity index (χ4n) is 2.35. The first-order valence-corrected chi connectivity index (χ1v) is 8.94. The average molecular weight is 348 g/mol. The predicted molar refractivity (Wildman–Crippen MR) is 96.3 cm³/mol. The molecule has 2 aromatic rings. The molecule has 1 amide bonds. The Balaban J connectivity index is 2.01. The second kappa shape index (κ2) is 8.80. The molecule has 2 rings (SSSR count). The highest BCUT2D eigenvalue weighted by Gasteiger charge is 2.18. The molecule has 2 atom stereocenters. The van der Waals surface area contributed by atoms with Crippen molar-refractivity contribution in [2.45, 2.75) is 32.7 Å². The van der Waals surface area contributed by atoms with Crippen LogP contribution in [0.3, 0.4) is 0 Å². The van der Waals surface area contributed by atoms with Gasteiger partial charge in [0.15, 0.2) is 0 Å². The van der Waals surface area contributed by atoms with Gasteiger partial charge in [0.1, 0.15) is 10.8 Å². The van der Waals surface area contributed by atoms with E-state index in [1.165, 1.54) is 11.3 Å². The number of aliphatic hydroxyl groups is 1. The molecule has 0 fully saturated rings. The Labute approximate surface area is 146 Å². The normalized spacial score (nSPS) is 13.3. The van der Waals surface area contributed by atoms with E-state index in [0.29, 0.717) is 0 Å². The summed E-state index contributed by atoms with van der Waals surface area (Å²) in [5, 5.41) is 15.0. The smallest absolute Gasteiger partial charge is 0.226 e. The number of nitrogens with one attached hydrogen (secondary N) is 1. The zero-order valence-electron chi connectivity index (χ0n) is 14.3. The van der Waals surface area contributed by atoms with Gasteiger partial charge in [0.25, 0.3) is 0 Å². The molecule has 0 aliphatic carbocycles. The molecule has 0 saturated carbocycles. The highest BCUT2D eigenvalue weighted by molar-refractivity contribution is 7.13. The van der Waals surface area contributed by atoms with E-state index >= 15 is 0 Å². The van der Waals surface area contributed by atoms with Crippen molar-refractivity contribution >= 4 is 17.2 Å². The number of rotatable bonds is 8. The average Bonchev–Trinajstić information content (AvgIpc) is 3.07. The van der Waals surface area contributed by atoms with Gasteiger partial charge in [-0.1, -0.05) is 32.4 Å². The van der Waals surface area contributed by atoms with Gasteiger partial charge < -0.3 is 15.2 Å². The van der Waals surface area contributed by atoms with Crippen molar-refractivity contribution < 1.29 is 14.6 Å². The van der Waals surface area contributed by atoms with E-state index in [1.807, 2.05) is 43.5 Å². The number of methoxy groups -OCH3 is 1. The number of aliphatic hydroxyl groups excluding tert-OH is 1. The minimum Gasteiger partial charge on any atom is -0.497 e. The fraction of sp³-hybridized carbons (Fsp3) is 0.444. The molecule has 0 unspecified atom stereocenters. The lowest BCUT2D eigenvalue weighted by Gasteiger charge is -2.21. The number of carbonyl (C=O) groups is 1. The highest BCUT2D eigenvalue weighted by Crippen LogP contribution is 2.27. The van der Waals surface area contributed by atoms with E-state index in [-0.39, 0.29) is 30.9 Å². The number of hydrogen-bond donors (Lipinski definition) is 2. The van der Waals surface area contributed by atoms with Crippen LogP contribution in [0.4, 0.5) is 0 Å². The number of hydrogen-bond acceptors (Lipinski definition) is 5. The summed E-state index contributed by atoms with van der Waals surface area (Å²) in [7, 11) is 1.63. The van der Waals surface area contributed by atoms with Gasteiger partial charge in [-0.2, -0.15) is 0 Å². The highest BCUT2D eigenvalue weighted by atomic mass is 32.1. The number of thiazole rings is 1. The Kier molecular flexibility index (Phi) is 6.75. The fourth-order valence-corrected chi connectivity index (χ4v) is 3.17. The lowest BCUT2D eigenvalue weighted by Crippen LogP contribution is -2.42. The van der Waals surface area contributed by atoms with Crippen molar-refractivity contribution in [3.63, 3.8) is 0 Å². The molecule has 2 N–H and O–H groups in total. The summed E-state index contributed by atoms with van der Waals surface area (Å²) < 4.78 is 5.23. The molecule has 1 aromatic heterocycles. The molecule has 0 spiro atoms. The molecule has 1 heterocycles. The third-order valence-electron chi connectivity index (χ3n) is 4.08. The summed E-state index contributed by atoms with van der Waals surface area (Å²) >= 11 is 1.50. The first kappa shape index (κ1) is 18.4. The van der Waals surface area contributed by atoms with Gasteiger partial charge in [0.05, 0.1) is 31.9 Å². The minimum absolute atomic E-state index is 0.0487. The van der Waals surface area contributed by atoms with E-state index < -0.39 is 0 Å². The zero-order valence-corrected chi connectivity index (χ0v) is 15.1. The van der Waals surface area contributed by atoms with Crippen LogP contribution >= 0.6 is 11.3 Å². The maximum atomic E-state index is 12.2. The number of carbonyl (C=O) groups excluding carboxylic acids is 1. The summed E-state index contributed by atoms with van der Waals surface area (Å²) in [4.78, 5) is 16.7. The Morgan fingerprint density at radius 2 is 2.25 bits per heavy atom. The Bertz CT molecular complexity index is 672. The largest absolute Gasteiger partial charge is 0.497 e. The van der Waals surface area contributed by atoms with E-state index in [4.69, 9.17) is 4.74 Å². The van der Waals surface area contributed by atoms with Crippen molar-refractivity contribution in [2.75, 3.05) is 13.7 Å². The van der Waals surface area contributed by atoms with Gasteiger partial charge in [-0.3, -0.25) is 4.79 Å². The van der Waals surface area contributed by atoms with Gasteiger partial charge in [-0.25, -0.2) is 4.98 Å². The van der Waals surface area contributed by atoms with Gasteiger partial charge >= 0.3 is 0 Å². The lowest BCUT2D eigenvalue weighted by molar-refractivity contribution is -0.121. The molecular formula is C18H24N2O3S. The summed E-state index contributed by atoms with van der Waals surface area (Å²) in [5.74, 6) is 0.903. The van der Waals surface area contributed by atoms with E-state index in [1.54, 1.807) is 7.11 Å². The van der Waals surface area contributed by atoms with Crippen LogP contribution in [0, 0.1) is 5.92 Å². The third-order valence-corrected chi connectivity index (χ3v) is 5.02. The predicted octanol–water partition coefficient (Wildman–Crippen LogP) is 2.88. The number of ether oxygens (including phenoxy) is 1. The first-order valence-electron chi connectivity index (χ1n) is 8.06. The Morgan fingerprint density at radius 3 is 2.92 bits per heavy atom. The molecule has 6 heteroatoms. The molecule has 24 heavy (non-hydrogen) atoms. The molecular weight excluding hydrogens is 324 g/mol. The van der Waals surface area contributed by atoms with Crippen molar-refractivity contribution in [2.24, 2.45) is 5.92 Å². The molecule has 0 bridgehead atoms. The van der Waals surface area contributed by atoms with Gasteiger partial charge in [-0.15, -0.1) is 11.3 Å². The molecule has 0 aliphatic rings. The van der Waals surface area contributed by atoms with Crippen LogP contribution in [-0.2, 0) is 11.2 Å². The summed E-state index contributed by atoms with van der Waals surface area (Å²) in [6.45, 7) is 4.01. The quantitative estimate of drug-likeness (QED) is 0.769. The van der Waals surface area contributed by atoms with E-state index in [9.17, 15) is 9.90 Å². The zero-order chi connectivity index (χ0) is 17.5. The van der Waals surface area contributed by atoms with Gasteiger partial charge in [-0.05, 0) is 18.1 Å². The summed E-state index contributed by atoms with van der Waals surface area (Å²) in [5.41, 5.74) is 1.70. The van der Waals surface area contributed by atoms with Crippen molar-refractivity contribution in [3.8, 4) is 16.3 Å². The van der Waals surface area contributed by atoms with Crippen LogP contribution in [0.5, 0.6) is 5.75 Å². The molecule has 130 valence electrons. The van der Waals surface area contributed by atoms with Gasteiger partial charge in [0, 0.05) is 10.9 Å². The van der Waals surface area contributed by atoms with Crippen LogP contribution in [0.1, 0.15) is 26.0 Å². The number of nitrogens with zero attached hydrogens (tertiary/aromatic N) is 1. The monoisotopic (exact) mass is 348 g/mol. The maximum absolute atomic E-state index is 12.2. The summed E-state index contributed by atoms with van der Waals surface area (Å²) in [6, 6.07) is 7.48. The SMILES string of the molecule is CC[C@@H](C)[C@H](CO)NC(=O)Cc1csc(-c2cccc(OC)c2)n1. The van der Waals surface area contributed by atoms with Crippen LogP contribution in [0.25, 0.3) is 10.6 Å². The molecule has 0 aliphatic heterocycles. The lowest BCUT2D eigenvalue weighted by atomic mass is 10.00. The second-order valence-electron chi connectivity index (χ2n) is 5.79. The van der Waals surface area contributed by atoms with Gasteiger partial charge in [0.2, 0.25) is 5.91 Å². The minimum atomic E-state index is -0.209. The molecule has 5 nitrogen and oxygen atoms in total.